The molecule has 10 heteroatoms. The van der Waals surface area contributed by atoms with Crippen LogP contribution in [0.2, 0.25) is 0 Å². The first-order valence-electron chi connectivity index (χ1n) is 10.1. The van der Waals surface area contributed by atoms with Crippen molar-refractivity contribution in [2.24, 2.45) is 0 Å². The minimum absolute atomic E-state index is 0.0603. The van der Waals surface area contributed by atoms with Gasteiger partial charge in [0.25, 0.3) is 0 Å². The average molecular weight is 423 g/mol. The molecule has 1 aliphatic carbocycles. The smallest absolute Gasteiger partial charge is 0.393 e. The van der Waals surface area contributed by atoms with Gasteiger partial charge in [0, 0.05) is 24.5 Å². The first-order valence-corrected chi connectivity index (χ1v) is 10.1. The number of aliphatic hydroxyl groups excluding tert-OH is 1. The maximum atomic E-state index is 13.0. The maximum Gasteiger partial charge on any atom is 0.416 e. The third-order valence-corrected chi connectivity index (χ3v) is 5.84. The summed E-state index contributed by atoms with van der Waals surface area (Å²) in [6, 6.07) is 3.78. The Labute approximate surface area is 171 Å². The predicted octanol–water partition coefficient (Wildman–Crippen LogP) is 2.16. The van der Waals surface area contributed by atoms with Crippen LogP contribution in [-0.2, 0) is 11.0 Å². The number of nitrogens with zero attached hydrogens (tertiary/aromatic N) is 3. The Morgan fingerprint density at radius 3 is 2.60 bits per heavy atom. The van der Waals surface area contributed by atoms with Crippen LogP contribution in [0.4, 0.5) is 19.0 Å². The fourth-order valence-electron chi connectivity index (χ4n) is 4.14. The number of halogens is 3. The molecule has 2 aromatic rings. The number of anilines is 1. The summed E-state index contributed by atoms with van der Waals surface area (Å²) in [6.07, 6.45) is 0.199. The van der Waals surface area contributed by atoms with Crippen LogP contribution in [0.1, 0.15) is 31.2 Å². The predicted molar refractivity (Wildman–Crippen MR) is 105 cm³/mol. The summed E-state index contributed by atoms with van der Waals surface area (Å²) in [4.78, 5) is 22.6. The molecule has 4 rings (SSSR count). The summed E-state index contributed by atoms with van der Waals surface area (Å²) in [5.74, 6) is -0.0466. The Bertz CT molecular complexity index is 909. The van der Waals surface area contributed by atoms with Crippen molar-refractivity contribution in [3.63, 3.8) is 0 Å². The lowest BCUT2D eigenvalue weighted by molar-refractivity contribution is -0.137. The molecule has 1 aromatic carbocycles. The van der Waals surface area contributed by atoms with Crippen LogP contribution < -0.4 is 10.6 Å². The lowest BCUT2D eigenvalue weighted by Gasteiger charge is -2.46. The van der Waals surface area contributed by atoms with Crippen LogP contribution >= 0.6 is 0 Å². The Morgan fingerprint density at radius 1 is 1.17 bits per heavy atom. The van der Waals surface area contributed by atoms with Gasteiger partial charge in [-0.25, -0.2) is 9.97 Å². The van der Waals surface area contributed by atoms with Gasteiger partial charge in [-0.15, -0.1) is 0 Å². The molecule has 0 unspecified atom stereocenters. The fraction of sp³-hybridized carbons (Fsp3) is 0.550. The summed E-state index contributed by atoms with van der Waals surface area (Å²) >= 11 is 0. The van der Waals surface area contributed by atoms with E-state index in [-0.39, 0.29) is 35.8 Å². The third-order valence-electron chi connectivity index (χ3n) is 5.84. The molecule has 1 aliphatic heterocycles. The second-order valence-corrected chi connectivity index (χ2v) is 7.99. The molecule has 1 saturated carbocycles. The van der Waals surface area contributed by atoms with E-state index >= 15 is 0 Å². The van der Waals surface area contributed by atoms with Crippen molar-refractivity contribution in [2.45, 2.75) is 50.0 Å². The molecule has 1 amide bonds. The standard InChI is InChI=1S/C20H24F3N5O2/c21-20(22,23)12-1-6-17-16(7-12)19(26-11-25-17)24-8-18(30)27-13-9-28(10-13)14-2-4-15(29)5-3-14/h1,6-7,11,13-15,29H,2-5,8-10H2,(H,27,30)(H,24,25,26). The summed E-state index contributed by atoms with van der Waals surface area (Å²) < 4.78 is 39.0. The van der Waals surface area contributed by atoms with Gasteiger partial charge in [0.2, 0.25) is 5.91 Å². The van der Waals surface area contributed by atoms with Crippen molar-refractivity contribution < 1.29 is 23.1 Å². The number of carbonyl (C=O) groups excluding carboxylic acids is 1. The lowest BCUT2D eigenvalue weighted by Crippen LogP contribution is -2.63. The fourth-order valence-corrected chi connectivity index (χ4v) is 4.14. The van der Waals surface area contributed by atoms with Gasteiger partial charge in [-0.2, -0.15) is 13.2 Å². The number of fused-ring (bicyclic) bond motifs is 1. The zero-order valence-electron chi connectivity index (χ0n) is 16.3. The molecule has 7 nitrogen and oxygen atoms in total. The van der Waals surface area contributed by atoms with Crippen LogP contribution in [0.15, 0.2) is 24.5 Å². The van der Waals surface area contributed by atoms with Crippen molar-refractivity contribution in [1.82, 2.24) is 20.2 Å². The number of aromatic nitrogens is 2. The van der Waals surface area contributed by atoms with Crippen molar-refractivity contribution in [2.75, 3.05) is 25.0 Å². The zero-order chi connectivity index (χ0) is 21.3. The number of alkyl halides is 3. The quantitative estimate of drug-likeness (QED) is 0.683. The number of amides is 1. The van der Waals surface area contributed by atoms with E-state index in [2.05, 4.69) is 25.5 Å². The second-order valence-electron chi connectivity index (χ2n) is 7.99. The number of nitrogens with one attached hydrogen (secondary N) is 2. The number of hydrogen-bond donors (Lipinski definition) is 3. The van der Waals surface area contributed by atoms with Crippen molar-refractivity contribution in [1.29, 1.82) is 0 Å². The van der Waals surface area contributed by atoms with Crippen molar-refractivity contribution >= 4 is 22.6 Å². The molecule has 1 saturated heterocycles. The van der Waals surface area contributed by atoms with Gasteiger partial charge in [0.05, 0.1) is 29.8 Å². The number of hydrogen-bond acceptors (Lipinski definition) is 6. The highest BCUT2D eigenvalue weighted by Crippen LogP contribution is 2.32. The molecule has 1 aromatic heterocycles. The van der Waals surface area contributed by atoms with E-state index < -0.39 is 11.7 Å². The third kappa shape index (κ3) is 4.65. The highest BCUT2D eigenvalue weighted by atomic mass is 19.4. The zero-order valence-corrected chi connectivity index (χ0v) is 16.3. The van der Waals surface area contributed by atoms with Gasteiger partial charge in [0.1, 0.15) is 12.1 Å². The molecule has 2 fully saturated rings. The first kappa shape index (κ1) is 20.8. The minimum atomic E-state index is -4.47. The van der Waals surface area contributed by atoms with E-state index in [4.69, 9.17) is 0 Å². The van der Waals surface area contributed by atoms with E-state index in [1.54, 1.807) is 0 Å². The molecule has 30 heavy (non-hydrogen) atoms. The van der Waals surface area contributed by atoms with E-state index in [0.29, 0.717) is 11.6 Å². The first-order chi connectivity index (χ1) is 14.3. The van der Waals surface area contributed by atoms with E-state index in [0.717, 1.165) is 50.9 Å². The van der Waals surface area contributed by atoms with Crippen LogP contribution in [-0.4, -0.2) is 63.7 Å². The molecule has 3 N–H and O–H groups in total. The lowest BCUT2D eigenvalue weighted by atomic mass is 9.89. The van der Waals surface area contributed by atoms with Crippen molar-refractivity contribution in [3.8, 4) is 0 Å². The normalized spacial score (nSPS) is 23.2. The Morgan fingerprint density at radius 2 is 1.90 bits per heavy atom. The van der Waals surface area contributed by atoms with Gasteiger partial charge >= 0.3 is 6.18 Å². The number of aliphatic hydroxyl groups is 1. The summed E-state index contributed by atoms with van der Waals surface area (Å²) in [5.41, 5.74) is -0.421. The molecule has 0 bridgehead atoms. The average Bonchev–Trinajstić information content (AvgIpc) is 2.68. The number of likely N-dealkylation sites (tertiary alicyclic amines) is 1. The Balaban J connectivity index is 1.30. The Hall–Kier alpha value is -2.46. The van der Waals surface area contributed by atoms with Crippen LogP contribution in [0.3, 0.4) is 0 Å². The molecule has 162 valence electrons. The van der Waals surface area contributed by atoms with E-state index in [1.165, 1.54) is 12.4 Å². The molecule has 2 heterocycles. The van der Waals surface area contributed by atoms with Crippen molar-refractivity contribution in [3.05, 3.63) is 30.1 Å². The number of benzene rings is 1. The molecule has 0 spiro atoms. The summed E-state index contributed by atoms with van der Waals surface area (Å²) in [7, 11) is 0. The largest absolute Gasteiger partial charge is 0.416 e. The van der Waals surface area contributed by atoms with E-state index in [1.807, 2.05) is 0 Å². The van der Waals surface area contributed by atoms with Gasteiger partial charge in [-0.1, -0.05) is 0 Å². The highest BCUT2D eigenvalue weighted by molar-refractivity contribution is 5.91. The molecule has 0 radical (unpaired) electrons. The number of rotatable bonds is 5. The topological polar surface area (TPSA) is 90.4 Å². The van der Waals surface area contributed by atoms with E-state index in [9.17, 15) is 23.1 Å². The minimum Gasteiger partial charge on any atom is -0.393 e. The molecule has 0 atom stereocenters. The summed E-state index contributed by atoms with van der Waals surface area (Å²) in [5, 5.41) is 15.6. The summed E-state index contributed by atoms with van der Waals surface area (Å²) in [6.45, 7) is 1.46. The van der Waals surface area contributed by atoms with Gasteiger partial charge < -0.3 is 15.7 Å². The highest BCUT2D eigenvalue weighted by Gasteiger charge is 2.35. The van der Waals surface area contributed by atoms with Gasteiger partial charge in [-0.3, -0.25) is 9.69 Å². The molecular formula is C20H24F3N5O2. The molecule has 2 aliphatic rings. The van der Waals surface area contributed by atoms with Crippen LogP contribution in [0, 0.1) is 0 Å². The monoisotopic (exact) mass is 423 g/mol. The Kier molecular flexibility index (Phi) is 5.79. The SMILES string of the molecule is O=C(CNc1ncnc2ccc(C(F)(F)F)cc12)NC1CN(C2CCC(O)CC2)C1. The van der Waals surface area contributed by atoms with Gasteiger partial charge in [-0.05, 0) is 43.9 Å². The van der Waals surface area contributed by atoms with Crippen LogP contribution in [0.25, 0.3) is 10.9 Å². The van der Waals surface area contributed by atoms with Gasteiger partial charge in [0.15, 0.2) is 0 Å². The maximum absolute atomic E-state index is 13.0. The molecular weight excluding hydrogens is 399 g/mol. The second kappa shape index (κ2) is 8.35. The number of carbonyl (C=O) groups is 1. The van der Waals surface area contributed by atoms with Crippen LogP contribution in [0.5, 0.6) is 0 Å².